The number of carbonyl (C=O) groups excluding carboxylic acids is 4. The SMILES string of the molecule is CCCCCCCCCCCCC/C=C/[C@@H](O)[C@H](CO[C@@H]1OC(CO)[C@@H](O[C@@H]2OC(CO)[C@H](O)[C@H](O[C@@H]3OC(CO)[C@@H](O[C@@H]4OC(CO[C@@H]5OC(CO)[C@@H](O[C@@H]6OC(CO)[C@H](O)[C@H](O)C6O[C@H]6OC(C)[C@@H](O)C(O)[C@@H]6O)[C@H](O)C5NC(C)=O)[C@H](O)[C@H](O[C@@H]5OC(CO)[C@@H](O[C@@H]6OC(CO)[C@H](O)[C@H](O)C6O)[C@H](O)C5NC(C)=O)C4O)[C@H](O)C3NC(C)=O)C2O)[C@H](O)C1O)NC(=O)CCCCCCCCCCCCCCCCC. The molecular formula is C96H170N4O47. The van der Waals surface area contributed by atoms with Gasteiger partial charge in [0.1, 0.15) is 213 Å². The zero-order valence-electron chi connectivity index (χ0n) is 84.6. The summed E-state index contributed by atoms with van der Waals surface area (Å²) in [6, 6.07) is -7.02. The molecule has 0 bridgehead atoms. The van der Waals surface area contributed by atoms with Gasteiger partial charge >= 0.3 is 0 Å². The van der Waals surface area contributed by atoms with Crippen LogP contribution in [0.4, 0.5) is 0 Å². The summed E-state index contributed by atoms with van der Waals surface area (Å²) in [5, 5.41) is 294. The van der Waals surface area contributed by atoms with Crippen LogP contribution in [0, 0.1) is 0 Å². The van der Waals surface area contributed by atoms with Crippen LogP contribution in [0.25, 0.3) is 0 Å². The largest absolute Gasteiger partial charge is 0.394 e. The lowest BCUT2D eigenvalue weighted by molar-refractivity contribution is -0.391. The predicted octanol–water partition coefficient (Wildman–Crippen LogP) is -7.78. The summed E-state index contributed by atoms with van der Waals surface area (Å²) in [5.74, 6) is -3.25. The van der Waals surface area contributed by atoms with Crippen molar-refractivity contribution in [2.75, 3.05) is 59.5 Å². The summed E-state index contributed by atoms with van der Waals surface area (Å²) in [4.78, 5) is 53.4. The van der Waals surface area contributed by atoms with E-state index in [1.165, 1.54) is 103 Å². The lowest BCUT2D eigenvalue weighted by Gasteiger charge is -2.51. The Kier molecular flexibility index (Phi) is 55.0. The topological polar surface area (TPSA) is 788 Å². The Labute approximate surface area is 854 Å². The quantitative estimate of drug-likeness (QED) is 0.0199. The lowest BCUT2D eigenvalue weighted by atomic mass is 9.93. The number of carbonyl (C=O) groups is 4. The zero-order chi connectivity index (χ0) is 108. The molecule has 856 valence electrons. The smallest absolute Gasteiger partial charge is 0.220 e. The van der Waals surface area contributed by atoms with Crippen molar-refractivity contribution in [3.63, 3.8) is 0 Å². The molecular weight excluding hydrogens is 1960 g/mol. The molecule has 0 radical (unpaired) electrons. The highest BCUT2D eigenvalue weighted by Crippen LogP contribution is 2.41. The van der Waals surface area contributed by atoms with Crippen molar-refractivity contribution in [2.45, 2.75) is 510 Å². The van der Waals surface area contributed by atoms with Gasteiger partial charge in [0.05, 0.1) is 77.7 Å². The molecule has 9 heterocycles. The van der Waals surface area contributed by atoms with Crippen LogP contribution in [-0.2, 0) is 104 Å². The molecule has 4 amide bonds. The third-order valence-electron chi connectivity index (χ3n) is 28.4. The molecule has 147 heavy (non-hydrogen) atoms. The molecule has 9 saturated heterocycles. The number of hydrogen-bond acceptors (Lipinski definition) is 47. The minimum Gasteiger partial charge on any atom is -0.394 e. The van der Waals surface area contributed by atoms with Crippen molar-refractivity contribution in [2.24, 2.45) is 0 Å². The van der Waals surface area contributed by atoms with Crippen LogP contribution in [-0.4, -0.2) is 499 Å². The van der Waals surface area contributed by atoms with Crippen LogP contribution < -0.4 is 21.3 Å². The van der Waals surface area contributed by atoms with Crippen LogP contribution in [0.1, 0.15) is 221 Å². The highest BCUT2D eigenvalue weighted by Gasteiger charge is 2.61. The van der Waals surface area contributed by atoms with Crippen LogP contribution in [0.3, 0.4) is 0 Å². The summed E-state index contributed by atoms with van der Waals surface area (Å²) < 4.78 is 108. The first kappa shape index (κ1) is 126. The van der Waals surface area contributed by atoms with E-state index in [1.54, 1.807) is 6.08 Å². The van der Waals surface area contributed by atoms with E-state index >= 15 is 0 Å². The van der Waals surface area contributed by atoms with E-state index in [-0.39, 0.29) is 12.3 Å². The minimum atomic E-state index is -2.52. The molecule has 29 N–H and O–H groups in total. The fourth-order valence-electron chi connectivity index (χ4n) is 19.8. The van der Waals surface area contributed by atoms with Crippen molar-refractivity contribution >= 4 is 23.6 Å². The van der Waals surface area contributed by atoms with E-state index < -0.39 is 365 Å². The molecule has 0 aliphatic carbocycles. The lowest BCUT2D eigenvalue weighted by Crippen LogP contribution is -2.71. The highest BCUT2D eigenvalue weighted by molar-refractivity contribution is 5.76. The first-order valence-corrected chi connectivity index (χ1v) is 52.4. The first-order chi connectivity index (χ1) is 70.3. The Balaban J connectivity index is 0.922. The van der Waals surface area contributed by atoms with Gasteiger partial charge in [0.2, 0.25) is 23.6 Å². The van der Waals surface area contributed by atoms with E-state index in [0.29, 0.717) is 12.8 Å². The molecule has 0 saturated carbocycles. The predicted molar refractivity (Wildman–Crippen MR) is 502 cm³/mol. The van der Waals surface area contributed by atoms with Gasteiger partial charge in [0.25, 0.3) is 0 Å². The van der Waals surface area contributed by atoms with Crippen molar-refractivity contribution in [1.82, 2.24) is 21.3 Å². The second kappa shape index (κ2) is 63.9. The molecule has 9 aliphatic heterocycles. The third-order valence-corrected chi connectivity index (χ3v) is 28.4. The second-order valence-corrected chi connectivity index (χ2v) is 39.8. The number of aliphatic hydroxyl groups excluding tert-OH is 25. The van der Waals surface area contributed by atoms with Crippen LogP contribution in [0.15, 0.2) is 12.2 Å². The van der Waals surface area contributed by atoms with Crippen LogP contribution in [0.5, 0.6) is 0 Å². The molecule has 9 fully saturated rings. The summed E-state index contributed by atoms with van der Waals surface area (Å²) >= 11 is 0. The summed E-state index contributed by atoms with van der Waals surface area (Å²) in [6.07, 6.45) is -53.0. The maximum absolute atomic E-state index is 13.7. The van der Waals surface area contributed by atoms with Crippen LogP contribution >= 0.6 is 0 Å². The van der Waals surface area contributed by atoms with Crippen molar-refractivity contribution < 1.29 is 232 Å². The van der Waals surface area contributed by atoms with Gasteiger partial charge in [-0.3, -0.25) is 19.2 Å². The Morgan fingerprint density at radius 3 is 1.01 bits per heavy atom. The standard InChI is InChI=1S/C96H170N4O47/c1-7-9-11-13-15-17-19-21-22-24-26-28-30-32-34-36-60(112)100-50(51(111)35-33-31-29-27-25-23-20-18-16-14-12-10-8-2)44-130-91-78(127)75(124)84(58(43-107)139-91)143-94-79(128)85(67(116)54(39-103)134-94)145-89-63(99-49(6)110)71(120)82(57(42-106)138-89)142-95-80(129)86(146-90-62(98-48(5)109)70(119)81(56(41-105)137-90)141-93-77(126)73(122)65(114)52(37-101)133-93)68(117)59(140-95)45-131-88-61(97-47(4)108)69(118)83(55(40-104)136-88)144-96-87(74(123)66(115)53(38-102)135-96)147-92-76(125)72(121)64(113)46(3)132-92/h33,35,46,50-59,61-96,101-107,111,113-129H,7-32,34,36-45H2,1-6H3,(H,97,108)(H,98,109)(H,99,110)(H,100,112)/b35-33+/t46?,50-,51+,52?,53?,54?,55?,56?,57?,58?,59?,61?,62?,63?,64+,65-,66-,67-,68-,69+,70+,71+,72?,73-,74-,75+,76-,77?,78?,79?,80?,81+,82+,83+,84+,85-,86-,87?,88+,89-,90-,91+,92+,93-,94-,95-,96-/m0/s1. The van der Waals surface area contributed by atoms with E-state index in [4.69, 9.17) is 85.3 Å². The van der Waals surface area contributed by atoms with Gasteiger partial charge < -0.3 is 234 Å². The minimum absolute atomic E-state index is 0.132. The Morgan fingerprint density at radius 2 is 0.585 bits per heavy atom. The number of amides is 4. The summed E-state index contributed by atoms with van der Waals surface area (Å²) in [5.41, 5.74) is 0. The van der Waals surface area contributed by atoms with E-state index in [9.17, 15) is 147 Å². The van der Waals surface area contributed by atoms with Gasteiger partial charge in [-0.05, 0) is 26.2 Å². The van der Waals surface area contributed by atoms with Crippen molar-refractivity contribution in [3.8, 4) is 0 Å². The maximum atomic E-state index is 13.7. The van der Waals surface area contributed by atoms with Crippen LogP contribution in [0.2, 0.25) is 0 Å². The maximum Gasteiger partial charge on any atom is 0.220 e. The number of aliphatic hydroxyl groups is 25. The van der Waals surface area contributed by atoms with E-state index in [2.05, 4.69) is 35.1 Å². The Bertz CT molecular complexity index is 3720. The number of ether oxygens (including phenoxy) is 18. The van der Waals surface area contributed by atoms with Gasteiger partial charge in [0.15, 0.2) is 56.6 Å². The second-order valence-electron chi connectivity index (χ2n) is 39.8. The number of rotatable bonds is 61. The van der Waals surface area contributed by atoms with Gasteiger partial charge in [-0.2, -0.15) is 0 Å². The number of nitrogens with one attached hydrogen (secondary N) is 4. The molecule has 0 aromatic rings. The molecule has 51 heteroatoms. The first-order valence-electron chi connectivity index (χ1n) is 52.4. The monoisotopic (exact) mass is 2130 g/mol. The molecule has 0 aromatic heterocycles. The fraction of sp³-hybridized carbons (Fsp3) is 0.938. The van der Waals surface area contributed by atoms with Crippen molar-refractivity contribution in [3.05, 3.63) is 12.2 Å². The molecule has 51 nitrogen and oxygen atoms in total. The van der Waals surface area contributed by atoms with E-state index in [0.717, 1.165) is 85.0 Å². The van der Waals surface area contributed by atoms with Crippen molar-refractivity contribution in [1.29, 1.82) is 0 Å². The van der Waals surface area contributed by atoms with Gasteiger partial charge in [-0.15, -0.1) is 0 Å². The van der Waals surface area contributed by atoms with Gasteiger partial charge in [-0.25, -0.2) is 0 Å². The van der Waals surface area contributed by atoms with Gasteiger partial charge in [-0.1, -0.05) is 180 Å². The molecule has 47 atom stereocenters. The van der Waals surface area contributed by atoms with Gasteiger partial charge in [0, 0.05) is 27.2 Å². The van der Waals surface area contributed by atoms with E-state index in [1.807, 2.05) is 6.08 Å². The summed E-state index contributed by atoms with van der Waals surface area (Å²) in [6.45, 7) is -0.693. The molecule has 18 unspecified atom stereocenters. The fourth-order valence-corrected chi connectivity index (χ4v) is 19.8. The molecule has 9 aliphatic rings. The normalized spacial score (nSPS) is 40.6. The molecule has 9 rings (SSSR count). The Morgan fingerprint density at radius 1 is 0.286 bits per heavy atom. The third kappa shape index (κ3) is 35.4. The summed E-state index contributed by atoms with van der Waals surface area (Å²) in [7, 11) is 0. The number of unbranched alkanes of at least 4 members (excludes halogenated alkanes) is 25. The average Bonchev–Trinajstić information content (AvgIpc) is 0.740. The average molecular weight is 2130 g/mol. The number of allylic oxidation sites excluding steroid dienone is 1. The number of hydrogen-bond donors (Lipinski definition) is 29. The Hall–Kier alpha value is -4.10. The highest BCUT2D eigenvalue weighted by atomic mass is 16.8. The molecule has 0 aromatic carbocycles. The zero-order valence-corrected chi connectivity index (χ0v) is 84.6. The molecule has 0 spiro atoms.